The molecule has 30 heavy (non-hydrogen) atoms. The second kappa shape index (κ2) is 14.2. The van der Waals surface area contributed by atoms with E-state index in [4.69, 9.17) is 16.6 Å². The van der Waals surface area contributed by atoms with Crippen molar-refractivity contribution in [1.29, 1.82) is 0 Å². The minimum atomic E-state index is -1.54. The number of nitrogens with one attached hydrogen (secondary N) is 3. The number of unbranched alkanes of at least 4 members (excludes halogenated alkanes) is 1. The van der Waals surface area contributed by atoms with Gasteiger partial charge < -0.3 is 37.6 Å². The molecule has 0 heterocycles. The molecule has 0 aromatic heterocycles. The van der Waals surface area contributed by atoms with E-state index in [9.17, 15) is 24.3 Å². The van der Waals surface area contributed by atoms with Gasteiger partial charge in [0.25, 0.3) is 0 Å². The Kier molecular flexibility index (Phi) is 13.3. The number of carbonyl (C=O) groups is 4. The van der Waals surface area contributed by atoms with Crippen LogP contribution in [0.5, 0.6) is 0 Å². The van der Waals surface area contributed by atoms with Crippen LogP contribution in [-0.4, -0.2) is 76.5 Å². The van der Waals surface area contributed by atoms with Crippen LogP contribution in [0, 0.1) is 5.92 Å². The molecule has 0 radical (unpaired) electrons. The smallest absolute Gasteiger partial charge is 0.328 e. The van der Waals surface area contributed by atoms with E-state index in [2.05, 4.69) is 28.6 Å². The first-order valence-corrected chi connectivity index (χ1v) is 10.5. The van der Waals surface area contributed by atoms with Gasteiger partial charge in [0.2, 0.25) is 17.7 Å². The lowest BCUT2D eigenvalue weighted by atomic mass is 10.0. The number of carbonyl (C=O) groups excluding carboxylic acids is 3. The van der Waals surface area contributed by atoms with Crippen LogP contribution in [0.2, 0.25) is 0 Å². The molecule has 0 saturated carbocycles. The molecule has 0 aromatic rings. The fourth-order valence-corrected chi connectivity index (χ4v) is 2.79. The highest BCUT2D eigenvalue weighted by Gasteiger charge is 2.32. The number of aliphatic hydroxyl groups excluding tert-OH is 1. The quantitative estimate of drug-likeness (QED) is 0.109. The second-order valence-corrected chi connectivity index (χ2v) is 7.80. The zero-order valence-electron chi connectivity index (χ0n) is 17.6. The summed E-state index contributed by atoms with van der Waals surface area (Å²) >= 11 is 4.02. The van der Waals surface area contributed by atoms with Crippen molar-refractivity contribution in [2.24, 2.45) is 17.4 Å². The summed E-state index contributed by atoms with van der Waals surface area (Å²) in [5.41, 5.74) is 11.3. The van der Waals surface area contributed by atoms with Crippen molar-refractivity contribution < 1.29 is 29.4 Å². The summed E-state index contributed by atoms with van der Waals surface area (Å²) in [5.74, 6) is -3.80. The lowest BCUT2D eigenvalue weighted by molar-refractivity contribution is -0.145. The third kappa shape index (κ3) is 9.74. The zero-order valence-corrected chi connectivity index (χ0v) is 18.5. The average Bonchev–Trinajstić information content (AvgIpc) is 2.66. The van der Waals surface area contributed by atoms with E-state index in [0.29, 0.717) is 19.4 Å². The van der Waals surface area contributed by atoms with Crippen LogP contribution in [0.1, 0.15) is 40.0 Å². The number of amides is 3. The number of rotatable bonds is 14. The molecular weight excluding hydrogens is 414 g/mol. The van der Waals surface area contributed by atoms with Gasteiger partial charge in [-0.1, -0.05) is 20.3 Å². The van der Waals surface area contributed by atoms with Gasteiger partial charge in [-0.3, -0.25) is 14.4 Å². The molecule has 0 aliphatic rings. The number of carboxylic acid groups (broad SMARTS) is 1. The maximum Gasteiger partial charge on any atom is 0.328 e. The Labute approximate surface area is 182 Å². The minimum absolute atomic E-state index is 0.124. The Morgan fingerprint density at radius 2 is 1.50 bits per heavy atom. The minimum Gasteiger partial charge on any atom is -0.480 e. The number of aliphatic hydroxyl groups is 1. The first-order valence-electron chi connectivity index (χ1n) is 9.84. The van der Waals surface area contributed by atoms with E-state index < -0.39 is 54.0 Å². The van der Waals surface area contributed by atoms with Gasteiger partial charge in [-0.25, -0.2) is 4.79 Å². The summed E-state index contributed by atoms with van der Waals surface area (Å²) in [4.78, 5) is 48.4. The molecule has 9 N–H and O–H groups in total. The van der Waals surface area contributed by atoms with Gasteiger partial charge in [-0.15, -0.1) is 0 Å². The number of hydrogen-bond donors (Lipinski definition) is 8. The predicted molar refractivity (Wildman–Crippen MR) is 115 cm³/mol. The molecule has 11 nitrogen and oxygen atoms in total. The summed E-state index contributed by atoms with van der Waals surface area (Å²) in [6, 6.07) is -4.46. The fourth-order valence-electron chi connectivity index (χ4n) is 2.53. The van der Waals surface area contributed by atoms with E-state index in [0.717, 1.165) is 6.42 Å². The highest BCUT2D eigenvalue weighted by atomic mass is 32.1. The van der Waals surface area contributed by atoms with E-state index in [1.807, 2.05) is 0 Å². The first-order chi connectivity index (χ1) is 14.0. The maximum absolute atomic E-state index is 12.7. The summed E-state index contributed by atoms with van der Waals surface area (Å²) in [5, 5.41) is 25.8. The summed E-state index contributed by atoms with van der Waals surface area (Å²) < 4.78 is 0. The monoisotopic (exact) mass is 449 g/mol. The normalized spacial score (nSPS) is 16.1. The van der Waals surface area contributed by atoms with Crippen molar-refractivity contribution >= 4 is 36.3 Å². The number of thiol groups is 1. The molecule has 12 heteroatoms. The Morgan fingerprint density at radius 3 is 1.93 bits per heavy atom. The molecule has 5 atom stereocenters. The molecule has 0 aliphatic heterocycles. The van der Waals surface area contributed by atoms with E-state index >= 15 is 0 Å². The standard InChI is InChI=1S/C18H35N5O6S/c1-9(2)13(22-15(25)11(20)6-4-5-7-19)17(27)21-12(8-30)16(26)23-14(10(3)24)18(28)29/h9-14,24,30H,4-8,19-20H2,1-3H3,(H,21,27)(H,22,25)(H,23,26)(H,28,29). The Hall–Kier alpha value is -1.89. The summed E-state index contributed by atoms with van der Waals surface area (Å²) in [6.45, 7) is 5.15. The molecule has 0 aromatic carbocycles. The van der Waals surface area contributed by atoms with Gasteiger partial charge in [-0.05, 0) is 32.2 Å². The fraction of sp³-hybridized carbons (Fsp3) is 0.778. The van der Waals surface area contributed by atoms with E-state index in [1.54, 1.807) is 13.8 Å². The van der Waals surface area contributed by atoms with Crippen molar-refractivity contribution in [3.8, 4) is 0 Å². The summed E-state index contributed by atoms with van der Waals surface area (Å²) in [7, 11) is 0. The van der Waals surface area contributed by atoms with Crippen LogP contribution in [-0.2, 0) is 19.2 Å². The molecule has 174 valence electrons. The first kappa shape index (κ1) is 28.1. The number of nitrogens with two attached hydrogens (primary N) is 2. The SMILES string of the molecule is CC(C)C(NC(=O)C(N)CCCCN)C(=O)NC(CS)C(=O)NC(C(=O)O)C(C)O. The average molecular weight is 450 g/mol. The van der Waals surface area contributed by atoms with Crippen LogP contribution in [0.3, 0.4) is 0 Å². The Morgan fingerprint density at radius 1 is 0.933 bits per heavy atom. The highest BCUT2D eigenvalue weighted by molar-refractivity contribution is 7.80. The predicted octanol–water partition coefficient (Wildman–Crippen LogP) is -2.05. The van der Waals surface area contributed by atoms with Crippen LogP contribution < -0.4 is 27.4 Å². The number of carboxylic acids is 1. The van der Waals surface area contributed by atoms with Crippen molar-refractivity contribution in [2.45, 2.75) is 70.3 Å². The van der Waals surface area contributed by atoms with Crippen molar-refractivity contribution in [3.63, 3.8) is 0 Å². The second-order valence-electron chi connectivity index (χ2n) is 7.43. The third-order valence-electron chi connectivity index (χ3n) is 4.41. The van der Waals surface area contributed by atoms with Gasteiger partial charge in [0.15, 0.2) is 6.04 Å². The molecule has 0 bridgehead atoms. The molecule has 5 unspecified atom stereocenters. The van der Waals surface area contributed by atoms with Crippen LogP contribution in [0.15, 0.2) is 0 Å². The topological polar surface area (TPSA) is 197 Å². The van der Waals surface area contributed by atoms with Crippen molar-refractivity contribution in [2.75, 3.05) is 12.3 Å². The van der Waals surface area contributed by atoms with Gasteiger partial charge in [0.05, 0.1) is 12.1 Å². The molecule has 0 rings (SSSR count). The van der Waals surface area contributed by atoms with Crippen LogP contribution in [0.25, 0.3) is 0 Å². The van der Waals surface area contributed by atoms with Gasteiger partial charge >= 0.3 is 5.97 Å². The maximum atomic E-state index is 12.7. The third-order valence-corrected chi connectivity index (χ3v) is 4.78. The van der Waals surface area contributed by atoms with Gasteiger partial charge in [-0.2, -0.15) is 12.6 Å². The molecule has 0 aliphatic carbocycles. The van der Waals surface area contributed by atoms with E-state index in [1.165, 1.54) is 6.92 Å². The number of hydrogen-bond acceptors (Lipinski definition) is 8. The molecular formula is C18H35N5O6S. The number of aliphatic carboxylic acids is 1. The lowest BCUT2D eigenvalue weighted by Crippen LogP contribution is -2.59. The van der Waals surface area contributed by atoms with Crippen LogP contribution in [0.4, 0.5) is 0 Å². The van der Waals surface area contributed by atoms with E-state index in [-0.39, 0.29) is 11.7 Å². The Bertz CT molecular complexity index is 589. The molecule has 3 amide bonds. The molecule has 0 saturated heterocycles. The highest BCUT2D eigenvalue weighted by Crippen LogP contribution is 2.06. The lowest BCUT2D eigenvalue weighted by Gasteiger charge is -2.26. The zero-order chi connectivity index (χ0) is 23.4. The van der Waals surface area contributed by atoms with Gasteiger partial charge in [0.1, 0.15) is 12.1 Å². The largest absolute Gasteiger partial charge is 0.480 e. The van der Waals surface area contributed by atoms with Crippen molar-refractivity contribution in [1.82, 2.24) is 16.0 Å². The van der Waals surface area contributed by atoms with Gasteiger partial charge in [0, 0.05) is 5.75 Å². The molecule has 0 spiro atoms. The summed E-state index contributed by atoms with van der Waals surface area (Å²) in [6.07, 6.45) is 0.496. The van der Waals surface area contributed by atoms with Crippen LogP contribution >= 0.6 is 12.6 Å². The Balaban J connectivity index is 5.07. The van der Waals surface area contributed by atoms with Crippen molar-refractivity contribution in [3.05, 3.63) is 0 Å². The molecule has 0 fully saturated rings.